The van der Waals surface area contributed by atoms with Gasteiger partial charge in [-0.3, -0.25) is 0 Å². The van der Waals surface area contributed by atoms with Crippen molar-refractivity contribution in [1.29, 1.82) is 0 Å². The van der Waals surface area contributed by atoms with Gasteiger partial charge in [0.05, 0.1) is 7.11 Å². The van der Waals surface area contributed by atoms with Crippen molar-refractivity contribution in [3.63, 3.8) is 0 Å². The second kappa shape index (κ2) is 3.16. The molecule has 1 heterocycles. The summed E-state index contributed by atoms with van der Waals surface area (Å²) in [6.07, 6.45) is 0. The van der Waals surface area contributed by atoms with Crippen LogP contribution in [0.4, 0.5) is 10.2 Å². The molecule has 0 aliphatic carbocycles. The van der Waals surface area contributed by atoms with Crippen LogP contribution < -0.4 is 16.0 Å². The van der Waals surface area contributed by atoms with Gasteiger partial charge in [-0.2, -0.15) is 4.98 Å². The van der Waals surface area contributed by atoms with Crippen molar-refractivity contribution >= 4 is 5.82 Å². The van der Waals surface area contributed by atoms with E-state index in [9.17, 15) is 4.39 Å². The van der Waals surface area contributed by atoms with E-state index in [1.165, 1.54) is 19.2 Å². The normalized spacial score (nSPS) is 9.36. The van der Waals surface area contributed by atoms with Crippen molar-refractivity contribution < 1.29 is 9.13 Å². The predicted molar refractivity (Wildman–Crippen MR) is 38.6 cm³/mol. The van der Waals surface area contributed by atoms with E-state index in [1.54, 1.807) is 0 Å². The van der Waals surface area contributed by atoms with Gasteiger partial charge in [0.15, 0.2) is 5.82 Å². The first-order chi connectivity index (χ1) is 5.27. The maximum absolute atomic E-state index is 12.7. The zero-order valence-corrected chi connectivity index (χ0v) is 5.97. The molecule has 1 rings (SSSR count). The number of aromatic nitrogens is 1. The molecule has 0 saturated carbocycles. The van der Waals surface area contributed by atoms with E-state index in [0.29, 0.717) is 5.82 Å². The summed E-state index contributed by atoms with van der Waals surface area (Å²) in [4.78, 5) is 3.68. The number of pyridine rings is 1. The smallest absolute Gasteiger partial charge is 0.252 e. The van der Waals surface area contributed by atoms with E-state index in [2.05, 4.69) is 15.1 Å². The summed E-state index contributed by atoms with van der Waals surface area (Å²) in [6, 6.07) is 2.64. The number of hydrazine groups is 1. The lowest BCUT2D eigenvalue weighted by molar-refractivity contribution is 0.370. The van der Waals surface area contributed by atoms with Crippen LogP contribution in [0.1, 0.15) is 0 Å². The molecule has 0 bridgehead atoms. The molecule has 0 saturated heterocycles. The number of hydrogen-bond acceptors (Lipinski definition) is 4. The van der Waals surface area contributed by atoms with Crippen molar-refractivity contribution in [1.82, 2.24) is 4.98 Å². The van der Waals surface area contributed by atoms with Crippen molar-refractivity contribution in [2.45, 2.75) is 0 Å². The first-order valence-electron chi connectivity index (χ1n) is 2.95. The molecular formula is C6H8FN3O. The van der Waals surface area contributed by atoms with Crippen LogP contribution in [0.25, 0.3) is 0 Å². The Morgan fingerprint density at radius 2 is 2.36 bits per heavy atom. The molecule has 60 valence electrons. The van der Waals surface area contributed by atoms with Crippen LogP contribution in [0.15, 0.2) is 12.1 Å². The summed E-state index contributed by atoms with van der Waals surface area (Å²) in [5.41, 5.74) is 2.27. The third kappa shape index (κ3) is 1.56. The average molecular weight is 157 g/mol. The van der Waals surface area contributed by atoms with Crippen LogP contribution >= 0.6 is 0 Å². The minimum Gasteiger partial charge on any atom is -0.479 e. The SMILES string of the molecule is COc1nc(NN)ccc1F. The van der Waals surface area contributed by atoms with Gasteiger partial charge >= 0.3 is 0 Å². The topological polar surface area (TPSA) is 60.2 Å². The van der Waals surface area contributed by atoms with Gasteiger partial charge in [-0.15, -0.1) is 0 Å². The Hall–Kier alpha value is -1.36. The number of rotatable bonds is 2. The number of methoxy groups -OCH3 is 1. The van der Waals surface area contributed by atoms with Crippen molar-refractivity contribution in [3.05, 3.63) is 17.9 Å². The van der Waals surface area contributed by atoms with Crippen molar-refractivity contribution in [3.8, 4) is 5.88 Å². The summed E-state index contributed by atoms with van der Waals surface area (Å²) in [5, 5.41) is 0. The minimum absolute atomic E-state index is 0.0690. The van der Waals surface area contributed by atoms with E-state index in [1.807, 2.05) is 0 Å². The molecule has 0 fully saturated rings. The van der Waals surface area contributed by atoms with Gasteiger partial charge in [0, 0.05) is 0 Å². The summed E-state index contributed by atoms with van der Waals surface area (Å²) in [5.74, 6) is 4.82. The van der Waals surface area contributed by atoms with Crippen molar-refractivity contribution in [2.24, 2.45) is 5.84 Å². The molecule has 0 amide bonds. The van der Waals surface area contributed by atoms with Crippen LogP contribution in [0.3, 0.4) is 0 Å². The standard InChI is InChI=1S/C6H8FN3O/c1-11-6-4(7)2-3-5(9-6)10-8/h2-3H,8H2,1H3,(H,9,10). The highest BCUT2D eigenvalue weighted by Crippen LogP contribution is 2.14. The Bertz CT molecular complexity index is 254. The minimum atomic E-state index is -0.508. The molecule has 0 aliphatic rings. The molecule has 0 atom stereocenters. The lowest BCUT2D eigenvalue weighted by atomic mass is 10.4. The molecule has 0 spiro atoms. The lowest BCUT2D eigenvalue weighted by Crippen LogP contribution is -2.09. The zero-order valence-electron chi connectivity index (χ0n) is 5.97. The van der Waals surface area contributed by atoms with Gasteiger partial charge in [-0.05, 0) is 12.1 Å². The molecular weight excluding hydrogens is 149 g/mol. The van der Waals surface area contributed by atoms with Gasteiger partial charge in [-0.25, -0.2) is 10.2 Å². The molecule has 3 N–H and O–H groups in total. The average Bonchev–Trinajstić information content (AvgIpc) is 2.05. The molecule has 1 aromatic rings. The molecule has 0 aliphatic heterocycles. The van der Waals surface area contributed by atoms with Gasteiger partial charge in [-0.1, -0.05) is 0 Å². The van der Waals surface area contributed by atoms with E-state index < -0.39 is 5.82 Å². The maximum atomic E-state index is 12.7. The lowest BCUT2D eigenvalue weighted by Gasteiger charge is -2.02. The highest BCUT2D eigenvalue weighted by Gasteiger charge is 2.03. The summed E-state index contributed by atoms with van der Waals surface area (Å²) in [6.45, 7) is 0. The quantitative estimate of drug-likeness (QED) is 0.485. The largest absolute Gasteiger partial charge is 0.479 e. The monoisotopic (exact) mass is 157 g/mol. The summed E-state index contributed by atoms with van der Waals surface area (Å²) >= 11 is 0. The van der Waals surface area contributed by atoms with E-state index in [4.69, 9.17) is 5.84 Å². The first kappa shape index (κ1) is 7.74. The van der Waals surface area contributed by atoms with Gasteiger partial charge in [0.25, 0.3) is 5.88 Å². The number of hydrogen-bond donors (Lipinski definition) is 2. The third-order valence-electron chi connectivity index (χ3n) is 1.16. The van der Waals surface area contributed by atoms with Crippen LogP contribution in [-0.2, 0) is 0 Å². The van der Waals surface area contributed by atoms with Crippen LogP contribution in [-0.4, -0.2) is 12.1 Å². The summed E-state index contributed by atoms with van der Waals surface area (Å²) in [7, 11) is 1.34. The van der Waals surface area contributed by atoms with Gasteiger partial charge in [0.2, 0.25) is 0 Å². The second-order valence-corrected chi connectivity index (χ2v) is 1.83. The first-order valence-corrected chi connectivity index (χ1v) is 2.95. The molecule has 0 aromatic carbocycles. The third-order valence-corrected chi connectivity index (χ3v) is 1.16. The number of ether oxygens (including phenoxy) is 1. The number of nitrogens with two attached hydrogens (primary N) is 1. The van der Waals surface area contributed by atoms with Crippen molar-refractivity contribution in [2.75, 3.05) is 12.5 Å². The zero-order chi connectivity index (χ0) is 8.27. The van der Waals surface area contributed by atoms with E-state index >= 15 is 0 Å². The maximum Gasteiger partial charge on any atom is 0.252 e. The van der Waals surface area contributed by atoms with Crippen LogP contribution in [0.5, 0.6) is 5.88 Å². The molecule has 11 heavy (non-hydrogen) atoms. The number of halogens is 1. The summed E-state index contributed by atoms with van der Waals surface area (Å²) < 4.78 is 17.3. The Balaban J connectivity index is 3.02. The number of nitrogen functional groups attached to an aromatic ring is 1. The van der Waals surface area contributed by atoms with Gasteiger partial charge < -0.3 is 10.2 Å². The Morgan fingerprint density at radius 3 is 2.91 bits per heavy atom. The molecule has 5 heteroatoms. The predicted octanol–water partition coefficient (Wildman–Crippen LogP) is 0.515. The van der Waals surface area contributed by atoms with E-state index in [-0.39, 0.29) is 5.88 Å². The molecule has 4 nitrogen and oxygen atoms in total. The van der Waals surface area contributed by atoms with Crippen LogP contribution in [0, 0.1) is 5.82 Å². The Labute approximate surface area is 63.2 Å². The Morgan fingerprint density at radius 1 is 1.64 bits per heavy atom. The Kier molecular flexibility index (Phi) is 2.22. The molecule has 0 radical (unpaired) electrons. The number of nitrogens with zero attached hydrogens (tertiary/aromatic N) is 1. The highest BCUT2D eigenvalue weighted by atomic mass is 19.1. The molecule has 1 aromatic heterocycles. The van der Waals surface area contributed by atoms with E-state index in [0.717, 1.165) is 0 Å². The van der Waals surface area contributed by atoms with Gasteiger partial charge in [0.1, 0.15) is 5.82 Å². The fourth-order valence-corrected chi connectivity index (χ4v) is 0.647. The fraction of sp³-hybridized carbons (Fsp3) is 0.167. The number of nitrogens with one attached hydrogen (secondary N) is 1. The fourth-order valence-electron chi connectivity index (χ4n) is 0.647. The molecule has 0 unspecified atom stereocenters. The number of anilines is 1. The highest BCUT2D eigenvalue weighted by molar-refractivity contribution is 5.36. The van der Waals surface area contributed by atoms with Crippen LogP contribution in [0.2, 0.25) is 0 Å². The second-order valence-electron chi connectivity index (χ2n) is 1.83.